The molecule has 0 fully saturated rings. The van der Waals surface area contributed by atoms with Gasteiger partial charge in [-0.1, -0.05) is 20.8 Å². The van der Waals surface area contributed by atoms with E-state index >= 15 is 0 Å². The molecule has 0 unspecified atom stereocenters. The molecule has 110 valence electrons. The van der Waals surface area contributed by atoms with Crippen molar-refractivity contribution in [2.24, 2.45) is 5.41 Å². The molecule has 0 spiro atoms. The van der Waals surface area contributed by atoms with Crippen LogP contribution in [-0.4, -0.2) is 28.9 Å². The van der Waals surface area contributed by atoms with Crippen molar-refractivity contribution in [1.82, 2.24) is 10.3 Å². The van der Waals surface area contributed by atoms with Crippen LogP contribution in [0.4, 0.5) is 11.5 Å². The minimum atomic E-state index is -0.602. The molecule has 1 aromatic heterocycles. The van der Waals surface area contributed by atoms with E-state index in [9.17, 15) is 14.9 Å². The van der Waals surface area contributed by atoms with Crippen molar-refractivity contribution in [3.05, 3.63) is 27.9 Å². The molecule has 0 aliphatic heterocycles. The molecule has 0 atom stereocenters. The number of aromatic nitrogens is 1. The summed E-state index contributed by atoms with van der Waals surface area (Å²) in [6.07, 6.45) is 1.10. The molecule has 0 radical (unpaired) electrons. The zero-order chi connectivity index (χ0) is 15.3. The highest BCUT2D eigenvalue weighted by Crippen LogP contribution is 2.20. The number of rotatable bonds is 5. The first-order valence-corrected chi connectivity index (χ1v) is 6.41. The van der Waals surface area contributed by atoms with Crippen molar-refractivity contribution in [3.63, 3.8) is 0 Å². The minimum Gasteiger partial charge on any atom is -0.370 e. The zero-order valence-electron chi connectivity index (χ0n) is 12.2. The van der Waals surface area contributed by atoms with Gasteiger partial charge in [-0.25, -0.2) is 4.98 Å². The molecule has 0 aromatic carbocycles. The molecule has 0 saturated heterocycles. The first-order chi connectivity index (χ1) is 9.24. The quantitative estimate of drug-likeness (QED) is 0.636. The lowest BCUT2D eigenvalue weighted by Crippen LogP contribution is -2.32. The first kappa shape index (κ1) is 15.9. The number of nitro groups is 1. The Morgan fingerprint density at radius 1 is 1.45 bits per heavy atom. The Bertz CT molecular complexity index is 509. The van der Waals surface area contributed by atoms with E-state index in [-0.39, 0.29) is 16.7 Å². The Labute approximate surface area is 117 Å². The van der Waals surface area contributed by atoms with Crippen LogP contribution in [0.15, 0.2) is 12.3 Å². The van der Waals surface area contributed by atoms with Gasteiger partial charge in [0.05, 0.1) is 4.92 Å². The highest BCUT2D eigenvalue weighted by molar-refractivity contribution is 5.98. The van der Waals surface area contributed by atoms with Crippen molar-refractivity contribution in [2.45, 2.75) is 27.7 Å². The van der Waals surface area contributed by atoms with Crippen molar-refractivity contribution in [2.75, 3.05) is 18.4 Å². The molecule has 0 saturated carbocycles. The predicted molar refractivity (Wildman–Crippen MR) is 76.8 cm³/mol. The fraction of sp³-hybridized carbons (Fsp3) is 0.538. The summed E-state index contributed by atoms with van der Waals surface area (Å²) < 4.78 is 0. The van der Waals surface area contributed by atoms with Crippen molar-refractivity contribution < 1.29 is 9.72 Å². The number of carbonyl (C=O) groups excluding carboxylic acids is 1. The van der Waals surface area contributed by atoms with Gasteiger partial charge >= 0.3 is 0 Å². The average Bonchev–Trinajstić information content (AvgIpc) is 2.35. The molecule has 0 bridgehead atoms. The van der Waals surface area contributed by atoms with E-state index in [4.69, 9.17) is 0 Å². The minimum absolute atomic E-state index is 0.0187. The first-order valence-electron chi connectivity index (χ1n) is 6.41. The van der Waals surface area contributed by atoms with Crippen LogP contribution in [0, 0.1) is 15.5 Å². The number of nitrogens with zero attached hydrogens (tertiary/aromatic N) is 2. The fourth-order valence-electron chi connectivity index (χ4n) is 1.49. The summed E-state index contributed by atoms with van der Waals surface area (Å²) in [7, 11) is 0. The van der Waals surface area contributed by atoms with Crippen LogP contribution in [0.25, 0.3) is 0 Å². The molecule has 1 rings (SSSR count). The van der Waals surface area contributed by atoms with Crippen LogP contribution in [0.3, 0.4) is 0 Å². The Morgan fingerprint density at radius 2 is 2.10 bits per heavy atom. The highest BCUT2D eigenvalue weighted by atomic mass is 16.6. The molecule has 1 heterocycles. The summed E-state index contributed by atoms with van der Waals surface area (Å²) in [5.74, 6) is -0.0211. The molecular weight excluding hydrogens is 260 g/mol. The largest absolute Gasteiger partial charge is 0.370 e. The molecule has 20 heavy (non-hydrogen) atoms. The summed E-state index contributed by atoms with van der Waals surface area (Å²) in [4.78, 5) is 26.4. The van der Waals surface area contributed by atoms with E-state index in [0.29, 0.717) is 18.9 Å². The second-order valence-corrected chi connectivity index (χ2v) is 5.62. The van der Waals surface area contributed by atoms with Gasteiger partial charge in [0, 0.05) is 19.2 Å². The normalized spacial score (nSPS) is 11.0. The van der Waals surface area contributed by atoms with Crippen molar-refractivity contribution in [1.29, 1.82) is 0 Å². The third kappa shape index (κ3) is 4.49. The molecule has 7 nitrogen and oxygen atoms in total. The van der Waals surface area contributed by atoms with Crippen molar-refractivity contribution >= 4 is 17.4 Å². The van der Waals surface area contributed by atoms with Crippen LogP contribution in [0.5, 0.6) is 0 Å². The number of hydrogen-bond acceptors (Lipinski definition) is 5. The van der Waals surface area contributed by atoms with E-state index in [0.717, 1.165) is 6.20 Å². The highest BCUT2D eigenvalue weighted by Gasteiger charge is 2.22. The number of hydrogen-bond donors (Lipinski definition) is 2. The van der Waals surface area contributed by atoms with Gasteiger partial charge in [0.2, 0.25) is 0 Å². The molecule has 0 aliphatic rings. The lowest BCUT2D eigenvalue weighted by atomic mass is 9.97. The zero-order valence-corrected chi connectivity index (χ0v) is 12.2. The van der Waals surface area contributed by atoms with Gasteiger partial charge in [0.25, 0.3) is 11.6 Å². The lowest BCUT2D eigenvalue weighted by molar-refractivity contribution is -0.385. The van der Waals surface area contributed by atoms with E-state index in [1.54, 1.807) is 0 Å². The Balaban J connectivity index is 3.02. The number of carbonyl (C=O) groups is 1. The monoisotopic (exact) mass is 280 g/mol. The van der Waals surface area contributed by atoms with E-state index < -0.39 is 10.8 Å². The third-order valence-electron chi connectivity index (χ3n) is 2.46. The van der Waals surface area contributed by atoms with E-state index in [2.05, 4.69) is 15.6 Å². The van der Waals surface area contributed by atoms with Gasteiger partial charge < -0.3 is 10.6 Å². The predicted octanol–water partition coefficient (Wildman–Crippen LogP) is 2.20. The maximum absolute atomic E-state index is 12.1. The number of nitrogens with one attached hydrogen (secondary N) is 2. The fourth-order valence-corrected chi connectivity index (χ4v) is 1.49. The summed E-state index contributed by atoms with van der Waals surface area (Å²) in [5, 5.41) is 16.6. The maximum atomic E-state index is 12.1. The van der Waals surface area contributed by atoms with Crippen molar-refractivity contribution in [3.8, 4) is 0 Å². The van der Waals surface area contributed by atoms with Gasteiger partial charge in [0.1, 0.15) is 17.6 Å². The van der Waals surface area contributed by atoms with Crippen LogP contribution >= 0.6 is 0 Å². The van der Waals surface area contributed by atoms with Crippen LogP contribution < -0.4 is 10.6 Å². The molecular formula is C13H20N4O3. The third-order valence-corrected chi connectivity index (χ3v) is 2.46. The summed E-state index contributed by atoms with van der Waals surface area (Å²) >= 11 is 0. The van der Waals surface area contributed by atoms with E-state index in [1.165, 1.54) is 6.07 Å². The molecule has 1 amide bonds. The molecule has 2 N–H and O–H groups in total. The number of pyridine rings is 1. The molecule has 1 aromatic rings. The van der Waals surface area contributed by atoms with Crippen LogP contribution in [0.1, 0.15) is 38.1 Å². The van der Waals surface area contributed by atoms with Gasteiger partial charge in [-0.15, -0.1) is 0 Å². The molecule has 0 aliphatic carbocycles. The number of amides is 1. The summed E-state index contributed by atoms with van der Waals surface area (Å²) in [6.45, 7) is 8.84. The standard InChI is InChI=1S/C13H20N4O3/c1-5-14-11-6-9(10(7-15-11)17(19)20)12(18)16-8-13(2,3)4/h6-7H,5,8H2,1-4H3,(H,14,15)(H,16,18). The second kappa shape index (κ2) is 6.31. The lowest BCUT2D eigenvalue weighted by Gasteiger charge is -2.18. The van der Waals surface area contributed by atoms with E-state index in [1.807, 2.05) is 27.7 Å². The van der Waals surface area contributed by atoms with Gasteiger partial charge in [-0.05, 0) is 12.3 Å². The number of anilines is 1. The Hall–Kier alpha value is -2.18. The Kier molecular flexibility index (Phi) is 5.01. The topological polar surface area (TPSA) is 97.2 Å². The average molecular weight is 280 g/mol. The van der Waals surface area contributed by atoms with Crippen LogP contribution in [-0.2, 0) is 0 Å². The van der Waals surface area contributed by atoms with Gasteiger partial charge in [-0.3, -0.25) is 14.9 Å². The van der Waals surface area contributed by atoms with Gasteiger partial charge in [-0.2, -0.15) is 0 Å². The smallest absolute Gasteiger partial charge is 0.300 e. The van der Waals surface area contributed by atoms with Crippen LogP contribution in [0.2, 0.25) is 0 Å². The SMILES string of the molecule is CCNc1cc(C(=O)NCC(C)(C)C)c([N+](=O)[O-])cn1. The maximum Gasteiger partial charge on any atom is 0.300 e. The Morgan fingerprint density at radius 3 is 2.60 bits per heavy atom. The second-order valence-electron chi connectivity index (χ2n) is 5.62. The van der Waals surface area contributed by atoms with Gasteiger partial charge in [0.15, 0.2) is 0 Å². The summed E-state index contributed by atoms with van der Waals surface area (Å²) in [6, 6.07) is 1.40. The summed E-state index contributed by atoms with van der Waals surface area (Å²) in [5.41, 5.74) is -0.370. The molecule has 7 heteroatoms.